The highest BCUT2D eigenvalue weighted by Crippen LogP contribution is 2.32. The second-order valence-electron chi connectivity index (χ2n) is 3.75. The van der Waals surface area contributed by atoms with Gasteiger partial charge >= 0.3 is 0 Å². The fraction of sp³-hybridized carbons (Fsp3) is 0.231. The van der Waals surface area contributed by atoms with E-state index in [1.807, 2.05) is 12.1 Å². The Morgan fingerprint density at radius 3 is 2.61 bits per heavy atom. The molecule has 18 heavy (non-hydrogen) atoms. The summed E-state index contributed by atoms with van der Waals surface area (Å²) in [4.78, 5) is 0.978. The molecule has 1 aromatic carbocycles. The minimum Gasteiger partial charge on any atom is -0.497 e. The van der Waals surface area contributed by atoms with Gasteiger partial charge in [-0.25, -0.2) is 4.39 Å². The predicted molar refractivity (Wildman–Crippen MR) is 73.2 cm³/mol. The molecule has 5 heteroatoms. The van der Waals surface area contributed by atoms with Crippen LogP contribution in [0.1, 0.15) is 16.5 Å². The molecule has 1 aromatic heterocycles. The van der Waals surface area contributed by atoms with Crippen LogP contribution < -0.4 is 10.1 Å². The van der Waals surface area contributed by atoms with Crippen LogP contribution in [0.2, 0.25) is 4.34 Å². The number of ether oxygens (including phenoxy) is 1. The molecule has 1 heterocycles. The molecule has 2 aromatic rings. The van der Waals surface area contributed by atoms with E-state index in [0.29, 0.717) is 15.6 Å². The Morgan fingerprint density at radius 2 is 2.11 bits per heavy atom. The van der Waals surface area contributed by atoms with E-state index in [-0.39, 0.29) is 11.9 Å². The van der Waals surface area contributed by atoms with Crippen molar-refractivity contribution in [2.24, 2.45) is 0 Å². The van der Waals surface area contributed by atoms with Crippen LogP contribution in [0.25, 0.3) is 0 Å². The smallest absolute Gasteiger partial charge is 0.132 e. The summed E-state index contributed by atoms with van der Waals surface area (Å²) in [5.74, 6) is 0.216. The lowest BCUT2D eigenvalue weighted by Crippen LogP contribution is -2.17. The van der Waals surface area contributed by atoms with Gasteiger partial charge in [0.1, 0.15) is 11.6 Å². The maximum atomic E-state index is 14.0. The van der Waals surface area contributed by atoms with E-state index in [1.165, 1.54) is 24.5 Å². The van der Waals surface area contributed by atoms with Crippen molar-refractivity contribution in [2.75, 3.05) is 14.2 Å². The largest absolute Gasteiger partial charge is 0.497 e. The van der Waals surface area contributed by atoms with Crippen molar-refractivity contribution >= 4 is 22.9 Å². The van der Waals surface area contributed by atoms with Crippen molar-refractivity contribution in [2.45, 2.75) is 6.04 Å². The third kappa shape index (κ3) is 2.66. The Bertz CT molecular complexity index is 544. The van der Waals surface area contributed by atoms with Gasteiger partial charge in [0.2, 0.25) is 0 Å². The van der Waals surface area contributed by atoms with Gasteiger partial charge in [-0.15, -0.1) is 11.3 Å². The summed E-state index contributed by atoms with van der Waals surface area (Å²) in [6, 6.07) is 8.37. The topological polar surface area (TPSA) is 21.3 Å². The van der Waals surface area contributed by atoms with Crippen LogP contribution in [-0.2, 0) is 0 Å². The van der Waals surface area contributed by atoms with Crippen LogP contribution in [0.4, 0.5) is 4.39 Å². The summed E-state index contributed by atoms with van der Waals surface area (Å²) < 4.78 is 19.7. The molecule has 0 saturated heterocycles. The molecule has 1 atom stereocenters. The quantitative estimate of drug-likeness (QED) is 0.921. The van der Waals surface area contributed by atoms with Crippen LogP contribution >= 0.6 is 22.9 Å². The van der Waals surface area contributed by atoms with Crippen molar-refractivity contribution < 1.29 is 9.13 Å². The first-order chi connectivity index (χ1) is 8.65. The third-order valence-corrected chi connectivity index (χ3v) is 3.98. The molecule has 1 N–H and O–H groups in total. The molecule has 0 radical (unpaired) electrons. The number of rotatable bonds is 4. The van der Waals surface area contributed by atoms with Gasteiger partial charge in [0.25, 0.3) is 0 Å². The van der Waals surface area contributed by atoms with Crippen molar-refractivity contribution in [3.05, 3.63) is 50.9 Å². The van der Waals surface area contributed by atoms with Crippen LogP contribution in [-0.4, -0.2) is 14.2 Å². The van der Waals surface area contributed by atoms with Crippen LogP contribution in [0, 0.1) is 5.82 Å². The Kier molecular flexibility index (Phi) is 4.22. The molecule has 0 fully saturated rings. The lowest BCUT2D eigenvalue weighted by Gasteiger charge is -2.16. The van der Waals surface area contributed by atoms with Crippen molar-refractivity contribution in [1.82, 2.24) is 5.32 Å². The summed E-state index contributed by atoms with van der Waals surface area (Å²) >= 11 is 7.35. The van der Waals surface area contributed by atoms with Crippen LogP contribution in [0.3, 0.4) is 0 Å². The van der Waals surface area contributed by atoms with Crippen molar-refractivity contribution in [3.8, 4) is 5.75 Å². The van der Waals surface area contributed by atoms with E-state index in [0.717, 1.165) is 4.88 Å². The van der Waals surface area contributed by atoms with Gasteiger partial charge in [0, 0.05) is 16.5 Å². The first-order valence-electron chi connectivity index (χ1n) is 5.41. The number of thiophene rings is 1. The van der Waals surface area contributed by atoms with E-state index in [4.69, 9.17) is 16.3 Å². The minimum atomic E-state index is -0.293. The molecular weight excluding hydrogens is 273 g/mol. The lowest BCUT2D eigenvalue weighted by molar-refractivity contribution is 0.410. The van der Waals surface area contributed by atoms with E-state index < -0.39 is 0 Å². The normalized spacial score (nSPS) is 12.4. The Hall–Kier alpha value is -1.10. The average Bonchev–Trinajstić information content (AvgIpc) is 2.78. The number of methoxy groups -OCH3 is 1. The maximum absolute atomic E-state index is 14.0. The first kappa shape index (κ1) is 13.3. The highest BCUT2D eigenvalue weighted by Gasteiger charge is 2.18. The highest BCUT2D eigenvalue weighted by atomic mass is 35.5. The number of hydrogen-bond acceptors (Lipinski definition) is 3. The fourth-order valence-electron chi connectivity index (χ4n) is 1.80. The van der Waals surface area contributed by atoms with Crippen LogP contribution in [0.5, 0.6) is 5.75 Å². The van der Waals surface area contributed by atoms with Crippen LogP contribution in [0.15, 0.2) is 30.3 Å². The first-order valence-corrected chi connectivity index (χ1v) is 6.61. The molecule has 0 aliphatic rings. The minimum absolute atomic E-state index is 0.201. The monoisotopic (exact) mass is 285 g/mol. The second-order valence-corrected chi connectivity index (χ2v) is 5.50. The predicted octanol–water partition coefficient (Wildman–Crippen LogP) is 3.86. The summed E-state index contributed by atoms with van der Waals surface area (Å²) in [6.45, 7) is 0. The molecule has 96 valence electrons. The average molecular weight is 286 g/mol. The molecule has 0 amide bonds. The van der Waals surface area contributed by atoms with Crippen molar-refractivity contribution in [3.63, 3.8) is 0 Å². The van der Waals surface area contributed by atoms with E-state index in [2.05, 4.69) is 5.32 Å². The van der Waals surface area contributed by atoms with Gasteiger partial charge in [-0.05, 0) is 25.2 Å². The SMILES string of the molecule is CNC(c1ccc(Cl)s1)c1ccc(OC)cc1F. The lowest BCUT2D eigenvalue weighted by atomic mass is 10.0. The molecular formula is C13H13ClFNOS. The summed E-state index contributed by atoms with van der Waals surface area (Å²) in [7, 11) is 3.31. The highest BCUT2D eigenvalue weighted by molar-refractivity contribution is 7.16. The number of nitrogens with one attached hydrogen (secondary N) is 1. The molecule has 0 spiro atoms. The number of hydrogen-bond donors (Lipinski definition) is 1. The standard InChI is InChI=1S/C13H13ClFNOS/c1-16-13(11-5-6-12(14)18-11)9-4-3-8(17-2)7-10(9)15/h3-7,13,16H,1-2H3. The zero-order chi connectivity index (χ0) is 13.1. The molecule has 0 saturated carbocycles. The van der Waals surface area contributed by atoms with Gasteiger partial charge in [0.05, 0.1) is 17.5 Å². The molecule has 0 bridgehead atoms. The molecule has 2 rings (SSSR count). The summed E-state index contributed by atoms with van der Waals surface area (Å²) in [5, 5.41) is 3.10. The Morgan fingerprint density at radius 1 is 1.33 bits per heavy atom. The Labute approximate surface area is 114 Å². The van der Waals surface area contributed by atoms with E-state index >= 15 is 0 Å². The van der Waals surface area contributed by atoms with E-state index in [1.54, 1.807) is 19.2 Å². The number of benzene rings is 1. The third-order valence-electron chi connectivity index (χ3n) is 2.69. The van der Waals surface area contributed by atoms with Gasteiger partial charge in [-0.2, -0.15) is 0 Å². The zero-order valence-electron chi connectivity index (χ0n) is 10.0. The molecule has 1 unspecified atom stereocenters. The van der Waals surface area contributed by atoms with Gasteiger partial charge < -0.3 is 10.1 Å². The number of halogens is 2. The molecule has 0 aliphatic carbocycles. The summed E-state index contributed by atoms with van der Waals surface area (Å²) in [5.41, 5.74) is 0.580. The van der Waals surface area contributed by atoms with Gasteiger partial charge in [-0.3, -0.25) is 0 Å². The Balaban J connectivity index is 2.39. The fourth-order valence-corrected chi connectivity index (χ4v) is 2.99. The van der Waals surface area contributed by atoms with Gasteiger partial charge in [0.15, 0.2) is 0 Å². The zero-order valence-corrected chi connectivity index (χ0v) is 11.6. The second kappa shape index (κ2) is 5.69. The molecule has 0 aliphatic heterocycles. The van der Waals surface area contributed by atoms with Gasteiger partial charge in [-0.1, -0.05) is 17.7 Å². The molecule has 2 nitrogen and oxygen atoms in total. The maximum Gasteiger partial charge on any atom is 0.132 e. The van der Waals surface area contributed by atoms with E-state index in [9.17, 15) is 4.39 Å². The summed E-state index contributed by atoms with van der Waals surface area (Å²) in [6.07, 6.45) is 0. The van der Waals surface area contributed by atoms with Crippen molar-refractivity contribution in [1.29, 1.82) is 0 Å².